The summed E-state index contributed by atoms with van der Waals surface area (Å²) in [6.07, 6.45) is 1.23. The molecule has 0 radical (unpaired) electrons. The molecule has 152 valence electrons. The zero-order chi connectivity index (χ0) is 21.3. The molecule has 0 bridgehead atoms. The number of amides is 1. The second-order valence-electron chi connectivity index (χ2n) is 6.45. The molecular weight excluding hydrogens is 406 g/mol. The average Bonchev–Trinajstić information content (AvgIpc) is 3.15. The number of anilines is 1. The zero-order valence-corrected chi connectivity index (χ0v) is 16.3. The molecule has 0 aliphatic rings. The Morgan fingerprint density at radius 1 is 1.03 bits per heavy atom. The summed E-state index contributed by atoms with van der Waals surface area (Å²) in [7, 11) is -4.01. The maximum atomic E-state index is 13.3. The second kappa shape index (κ2) is 7.48. The molecule has 1 unspecified atom stereocenters. The Labute approximate surface area is 171 Å². The van der Waals surface area contributed by atoms with Crippen LogP contribution < -0.4 is 11.1 Å². The summed E-state index contributed by atoms with van der Waals surface area (Å²) in [6.45, 7) is 0. The van der Waals surface area contributed by atoms with Gasteiger partial charge in [0.1, 0.15) is 12.1 Å². The van der Waals surface area contributed by atoms with E-state index < -0.39 is 22.2 Å². The summed E-state index contributed by atoms with van der Waals surface area (Å²) < 4.78 is 27.6. The van der Waals surface area contributed by atoms with E-state index in [1.54, 1.807) is 48.5 Å². The van der Waals surface area contributed by atoms with Gasteiger partial charge in [-0.25, -0.2) is 27.2 Å². The number of hydrogen-bond acceptors (Lipinski definition) is 6. The van der Waals surface area contributed by atoms with Crippen molar-refractivity contribution < 1.29 is 18.3 Å². The number of nitrogens with two attached hydrogens (primary N) is 1. The van der Waals surface area contributed by atoms with E-state index in [1.165, 1.54) is 24.7 Å². The maximum Gasteiger partial charge on any atom is 0.405 e. The Morgan fingerprint density at radius 2 is 1.67 bits per heavy atom. The van der Waals surface area contributed by atoms with Gasteiger partial charge in [-0.2, -0.15) is 0 Å². The fraction of sp³-hybridized carbons (Fsp3) is 0.0500. The van der Waals surface area contributed by atoms with E-state index in [2.05, 4.69) is 15.3 Å². The Hall–Kier alpha value is -3.92. The quantitative estimate of drug-likeness (QED) is 0.448. The van der Waals surface area contributed by atoms with Crippen LogP contribution in [0.5, 0.6) is 0 Å². The van der Waals surface area contributed by atoms with Gasteiger partial charge in [0.2, 0.25) is 0 Å². The van der Waals surface area contributed by atoms with Crippen molar-refractivity contribution in [2.75, 3.05) is 5.73 Å². The van der Waals surface area contributed by atoms with Gasteiger partial charge in [-0.3, -0.25) is 0 Å². The third-order valence-corrected chi connectivity index (χ3v) is 6.29. The molecule has 2 heterocycles. The van der Waals surface area contributed by atoms with E-state index in [0.717, 1.165) is 3.97 Å². The van der Waals surface area contributed by atoms with E-state index in [9.17, 15) is 18.3 Å². The predicted molar refractivity (Wildman–Crippen MR) is 110 cm³/mol. The number of aromatic nitrogens is 3. The summed E-state index contributed by atoms with van der Waals surface area (Å²) in [6, 6.07) is 15.8. The van der Waals surface area contributed by atoms with Crippen molar-refractivity contribution in [1.29, 1.82) is 0 Å². The molecule has 0 aliphatic heterocycles. The number of hydrogen-bond donors (Lipinski definition) is 3. The van der Waals surface area contributed by atoms with Gasteiger partial charge in [0, 0.05) is 11.8 Å². The van der Waals surface area contributed by atoms with Crippen LogP contribution in [0.2, 0.25) is 0 Å². The molecule has 0 saturated carbocycles. The Kier molecular flexibility index (Phi) is 4.84. The van der Waals surface area contributed by atoms with Crippen LogP contribution in [0.4, 0.5) is 10.6 Å². The Morgan fingerprint density at radius 3 is 2.30 bits per heavy atom. The monoisotopic (exact) mass is 423 g/mol. The van der Waals surface area contributed by atoms with Crippen molar-refractivity contribution in [3.05, 3.63) is 84.3 Å². The van der Waals surface area contributed by atoms with Crippen LogP contribution in [0.3, 0.4) is 0 Å². The van der Waals surface area contributed by atoms with Gasteiger partial charge in [0.05, 0.1) is 16.3 Å². The molecule has 0 aliphatic carbocycles. The first-order valence-electron chi connectivity index (χ1n) is 8.86. The highest BCUT2D eigenvalue weighted by atomic mass is 32.2. The summed E-state index contributed by atoms with van der Waals surface area (Å²) in [5, 5.41) is 12.1. The lowest BCUT2D eigenvalue weighted by Gasteiger charge is -2.17. The van der Waals surface area contributed by atoms with Crippen molar-refractivity contribution in [2.45, 2.75) is 10.9 Å². The molecule has 1 amide bonds. The van der Waals surface area contributed by atoms with Gasteiger partial charge in [-0.1, -0.05) is 48.5 Å². The van der Waals surface area contributed by atoms with Crippen molar-refractivity contribution in [1.82, 2.24) is 19.3 Å². The van der Waals surface area contributed by atoms with E-state index in [-0.39, 0.29) is 21.7 Å². The van der Waals surface area contributed by atoms with Crippen LogP contribution in [0, 0.1) is 0 Å². The lowest BCUT2D eigenvalue weighted by atomic mass is 9.99. The van der Waals surface area contributed by atoms with Gasteiger partial charge in [-0.05, 0) is 17.7 Å². The summed E-state index contributed by atoms with van der Waals surface area (Å²) in [5.74, 6) is 0.0464. The third kappa shape index (κ3) is 3.33. The third-order valence-electron chi connectivity index (χ3n) is 4.62. The molecule has 2 aromatic heterocycles. The Balaban J connectivity index is 2.01. The number of carboxylic acid groups (broad SMARTS) is 1. The highest BCUT2D eigenvalue weighted by Crippen LogP contribution is 2.34. The van der Waals surface area contributed by atoms with Crippen LogP contribution in [0.15, 0.2) is 78.1 Å². The summed E-state index contributed by atoms with van der Waals surface area (Å²) >= 11 is 0. The molecular formula is C20H17N5O4S. The molecule has 4 N–H and O–H groups in total. The van der Waals surface area contributed by atoms with Crippen LogP contribution in [0.25, 0.3) is 11.0 Å². The highest BCUT2D eigenvalue weighted by Gasteiger charge is 2.28. The van der Waals surface area contributed by atoms with Crippen molar-refractivity contribution >= 4 is 33.0 Å². The van der Waals surface area contributed by atoms with Gasteiger partial charge >= 0.3 is 6.09 Å². The van der Waals surface area contributed by atoms with Crippen LogP contribution in [-0.2, 0) is 10.0 Å². The zero-order valence-electron chi connectivity index (χ0n) is 15.5. The number of benzene rings is 2. The summed E-state index contributed by atoms with van der Waals surface area (Å²) in [5.41, 5.74) is 7.07. The van der Waals surface area contributed by atoms with Crippen molar-refractivity contribution in [2.24, 2.45) is 0 Å². The summed E-state index contributed by atoms with van der Waals surface area (Å²) in [4.78, 5) is 19.7. The van der Waals surface area contributed by atoms with E-state index >= 15 is 0 Å². The van der Waals surface area contributed by atoms with Crippen molar-refractivity contribution in [3.8, 4) is 0 Å². The Bertz CT molecular complexity index is 1320. The molecule has 1 atom stereocenters. The average molecular weight is 423 g/mol. The lowest BCUT2D eigenvalue weighted by molar-refractivity contribution is 0.192. The van der Waals surface area contributed by atoms with Gasteiger partial charge < -0.3 is 16.2 Å². The van der Waals surface area contributed by atoms with Crippen molar-refractivity contribution in [3.63, 3.8) is 0 Å². The molecule has 9 nitrogen and oxygen atoms in total. The first-order chi connectivity index (χ1) is 14.4. The van der Waals surface area contributed by atoms with Crippen LogP contribution >= 0.6 is 0 Å². The minimum absolute atomic E-state index is 0.0464. The molecule has 4 rings (SSSR count). The van der Waals surface area contributed by atoms with Gasteiger partial charge in [-0.15, -0.1) is 0 Å². The molecule has 0 fully saturated rings. The smallest absolute Gasteiger partial charge is 0.405 e. The first-order valence-corrected chi connectivity index (χ1v) is 10.3. The maximum absolute atomic E-state index is 13.3. The van der Waals surface area contributed by atoms with Crippen LogP contribution in [0.1, 0.15) is 17.2 Å². The number of rotatable bonds is 5. The van der Waals surface area contributed by atoms with Gasteiger partial charge in [0.15, 0.2) is 5.65 Å². The molecule has 30 heavy (non-hydrogen) atoms. The minimum Gasteiger partial charge on any atom is -0.465 e. The van der Waals surface area contributed by atoms with Gasteiger partial charge in [0.25, 0.3) is 10.0 Å². The lowest BCUT2D eigenvalue weighted by Crippen LogP contribution is -2.27. The minimum atomic E-state index is -4.01. The van der Waals surface area contributed by atoms with E-state index in [0.29, 0.717) is 11.1 Å². The molecule has 4 aromatic rings. The largest absolute Gasteiger partial charge is 0.465 e. The number of nitrogen functional groups attached to an aromatic ring is 1. The second-order valence-corrected chi connectivity index (χ2v) is 8.26. The highest BCUT2D eigenvalue weighted by molar-refractivity contribution is 7.90. The predicted octanol–water partition coefficient (Wildman–Crippen LogP) is 2.61. The standard InChI is InChI=1S/C20H17N5O4S/c21-18-16-15(17(24-20(26)27)13-7-3-1-4-8-13)11-25(19(16)23-12-22-18)30(28,29)14-9-5-2-6-10-14/h1-12,17,24H,(H,26,27)(H2,21,22,23). The van der Waals surface area contributed by atoms with E-state index in [4.69, 9.17) is 5.73 Å². The molecule has 0 spiro atoms. The normalized spacial score (nSPS) is 12.5. The first kappa shape index (κ1) is 19.4. The topological polar surface area (TPSA) is 140 Å². The molecule has 2 aromatic carbocycles. The fourth-order valence-electron chi connectivity index (χ4n) is 3.30. The number of nitrogens with one attached hydrogen (secondary N) is 1. The number of carbonyl (C=O) groups is 1. The fourth-order valence-corrected chi connectivity index (χ4v) is 4.65. The van der Waals surface area contributed by atoms with E-state index in [1.807, 2.05) is 0 Å². The molecule has 10 heteroatoms. The number of nitrogens with zero attached hydrogens (tertiary/aromatic N) is 3. The number of fused-ring (bicyclic) bond motifs is 1. The SMILES string of the molecule is Nc1ncnc2c1c(C(NC(=O)O)c1ccccc1)cn2S(=O)(=O)c1ccccc1. The molecule has 0 saturated heterocycles. The van der Waals surface area contributed by atoms with Crippen LogP contribution in [-0.4, -0.2) is 33.6 Å².